The minimum Gasteiger partial charge on any atom is -0.493 e. The number of fused-ring (bicyclic) bond motifs is 2. The number of Topliss-reactive ketones (excluding diaryl/α,β-unsaturated/α-hetero) is 2. The van der Waals surface area contributed by atoms with Crippen molar-refractivity contribution in [3.05, 3.63) is 104 Å². The van der Waals surface area contributed by atoms with Gasteiger partial charge >= 0.3 is 18.0 Å². The van der Waals surface area contributed by atoms with Gasteiger partial charge in [-0.1, -0.05) is 0 Å². The number of carboxylic acids is 2. The van der Waals surface area contributed by atoms with Crippen molar-refractivity contribution >= 4 is 96.1 Å². The Morgan fingerprint density at radius 1 is 0.547 bits per heavy atom. The van der Waals surface area contributed by atoms with Crippen LogP contribution in [0.4, 0.5) is 27.5 Å². The van der Waals surface area contributed by atoms with E-state index >= 15 is 0 Å². The third kappa shape index (κ3) is 9.21. The molecule has 0 fully saturated rings. The zero-order valence-corrected chi connectivity index (χ0v) is 34.9. The Hall–Kier alpha value is -8.13. The molecule has 0 heterocycles. The third-order valence-corrected chi connectivity index (χ3v) is 11.0. The van der Waals surface area contributed by atoms with E-state index < -0.39 is 71.0 Å². The van der Waals surface area contributed by atoms with Crippen LogP contribution < -0.4 is 40.4 Å². The topological polar surface area (TPSA) is 344 Å². The van der Waals surface area contributed by atoms with Gasteiger partial charge in [0.2, 0.25) is 11.6 Å². The van der Waals surface area contributed by atoms with Crippen LogP contribution in [0.3, 0.4) is 0 Å². The molecule has 64 heavy (non-hydrogen) atoms. The Morgan fingerprint density at radius 2 is 0.891 bits per heavy atom. The van der Waals surface area contributed by atoms with Gasteiger partial charge in [0.1, 0.15) is 9.81 Å². The molecule has 0 saturated heterocycles. The smallest absolute Gasteiger partial charge is 0.338 e. The van der Waals surface area contributed by atoms with E-state index in [0.717, 1.165) is 24.3 Å². The zero-order chi connectivity index (χ0) is 46.8. The van der Waals surface area contributed by atoms with E-state index in [1.54, 1.807) is 0 Å². The summed E-state index contributed by atoms with van der Waals surface area (Å²) in [4.78, 5) is 62.2. The first-order valence-electron chi connectivity index (χ1n) is 17.7. The first kappa shape index (κ1) is 45.4. The monoisotopic (exact) mass is 920 g/mol. The van der Waals surface area contributed by atoms with Crippen molar-refractivity contribution in [3.8, 4) is 23.0 Å². The number of ether oxygens (including phenoxy) is 4. The number of nitrogens with one attached hydrogen (secondary N) is 4. The molecule has 0 radical (unpaired) electrons. The maximum absolute atomic E-state index is 13.6. The number of hydrazone groups is 2. The summed E-state index contributed by atoms with van der Waals surface area (Å²) in [7, 11) is -5.20. The number of urea groups is 1. The molecule has 23 nitrogen and oxygen atoms in total. The molecular formula is C39H32N6O17S2. The number of methoxy groups -OCH3 is 4. The molecule has 0 aliphatic heterocycles. The third-order valence-electron chi connectivity index (χ3n) is 9.22. The Labute approximate surface area is 361 Å². The fraction of sp³-hybridized carbons (Fsp3) is 0.103. The van der Waals surface area contributed by atoms with E-state index in [0.29, 0.717) is 0 Å². The molecule has 0 unspecified atom stereocenters. The molecular weight excluding hydrogens is 889 g/mol. The number of allylic oxidation sites excluding steroid dienone is 2. The lowest BCUT2D eigenvalue weighted by Crippen LogP contribution is -2.28. The van der Waals surface area contributed by atoms with Crippen LogP contribution in [-0.2, 0) is 20.2 Å². The number of rotatable bonds is 14. The molecule has 0 aromatic heterocycles. The number of nitrogens with zero attached hydrogens (tertiary/aromatic N) is 2. The highest BCUT2D eigenvalue weighted by Gasteiger charge is 2.35. The second-order valence-electron chi connectivity index (χ2n) is 13.1. The summed E-state index contributed by atoms with van der Waals surface area (Å²) in [6.07, 6.45) is 1.79. The lowest BCUT2D eigenvalue weighted by Gasteiger charge is -2.19. The van der Waals surface area contributed by atoms with Gasteiger partial charge < -0.3 is 39.8 Å². The van der Waals surface area contributed by atoms with Gasteiger partial charge in [0.25, 0.3) is 20.2 Å². The molecule has 2 amide bonds. The Balaban J connectivity index is 1.24. The van der Waals surface area contributed by atoms with E-state index in [2.05, 4.69) is 31.7 Å². The van der Waals surface area contributed by atoms with E-state index in [1.807, 2.05) is 0 Å². The van der Waals surface area contributed by atoms with E-state index in [-0.39, 0.29) is 79.1 Å². The summed E-state index contributed by atoms with van der Waals surface area (Å²) < 4.78 is 90.6. The summed E-state index contributed by atoms with van der Waals surface area (Å²) in [6.45, 7) is 0. The van der Waals surface area contributed by atoms with Crippen LogP contribution in [0, 0.1) is 0 Å². The van der Waals surface area contributed by atoms with Crippen LogP contribution >= 0.6 is 0 Å². The van der Waals surface area contributed by atoms with Gasteiger partial charge in [-0.25, -0.2) is 14.4 Å². The second-order valence-corrected chi connectivity index (χ2v) is 15.8. The highest BCUT2D eigenvalue weighted by Crippen LogP contribution is 2.36. The van der Waals surface area contributed by atoms with E-state index in [9.17, 15) is 60.1 Å². The SMILES string of the molecule is COc1cc(N/N=C2\C(=O)c3ccc(NC(=O)Nc4ccc5c(c4)C=C(S(=O)(=O)O)/C(=N/Nc4cc(OC)c(OC)cc4C(=O)O)C5=O)cc3C=C2S(=O)(=O)O)c(C(=O)O)cc1OC. The lowest BCUT2D eigenvalue weighted by molar-refractivity contribution is 0.0686. The largest absolute Gasteiger partial charge is 0.493 e. The first-order chi connectivity index (χ1) is 30.2. The highest BCUT2D eigenvalue weighted by atomic mass is 32.2. The fourth-order valence-corrected chi connectivity index (χ4v) is 7.58. The number of carboxylic acid groups (broad SMARTS) is 2. The molecule has 0 saturated carbocycles. The molecule has 25 heteroatoms. The average molecular weight is 921 g/mol. The quantitative estimate of drug-likeness (QED) is 0.0635. The van der Waals surface area contributed by atoms with E-state index in [4.69, 9.17) is 18.9 Å². The maximum Gasteiger partial charge on any atom is 0.338 e. The minimum absolute atomic E-state index is 0.000474. The van der Waals surface area contributed by atoms with Crippen LogP contribution in [0.2, 0.25) is 0 Å². The second kappa shape index (κ2) is 17.7. The fourth-order valence-electron chi connectivity index (χ4n) is 6.26. The number of hydrogen-bond donors (Lipinski definition) is 8. The van der Waals surface area contributed by atoms with Crippen molar-refractivity contribution in [2.24, 2.45) is 10.2 Å². The number of amides is 2. The van der Waals surface area contributed by atoms with Gasteiger partial charge in [0, 0.05) is 46.8 Å². The number of anilines is 4. The number of hydrogen-bond acceptors (Lipinski definition) is 17. The van der Waals surface area contributed by atoms with Gasteiger partial charge in [-0.3, -0.25) is 29.5 Å². The highest BCUT2D eigenvalue weighted by molar-refractivity contribution is 7.91. The van der Waals surface area contributed by atoms with Gasteiger partial charge in [0.15, 0.2) is 34.4 Å². The van der Waals surface area contributed by atoms with Gasteiger partial charge in [0.05, 0.1) is 50.9 Å². The molecule has 0 spiro atoms. The number of benzene rings is 4. The summed E-state index contributed by atoms with van der Waals surface area (Å²) in [5.41, 5.74) is 1.40. The standard InChI is InChI=1S/C39H32N6O17S2/c1-59-27-13-23(37(48)49)25(15-29(27)61-3)42-44-33-31(63(53,54)55)11-17-9-19(5-7-21(17)35(33)46)40-39(52)41-20-6-8-22-18(10-20)12-32(64(56,57)58)34(36(22)47)45-43-26-16-30(62-4)28(60-2)14-24(26)38(50)51/h5-16,42-43H,1-4H3,(H,48,49)(H,50,51)(H2,40,41,52)(H,53,54,55)(H,56,57,58)/b44-33-,45-34-. The predicted octanol–water partition coefficient (Wildman–Crippen LogP) is 4.55. The van der Waals surface area contributed by atoms with Crippen molar-refractivity contribution < 1.29 is 79.1 Å². The molecule has 4 aromatic carbocycles. The average Bonchev–Trinajstić information content (AvgIpc) is 3.23. The van der Waals surface area contributed by atoms with Crippen molar-refractivity contribution in [2.75, 3.05) is 49.9 Å². The van der Waals surface area contributed by atoms with Crippen molar-refractivity contribution in [2.45, 2.75) is 0 Å². The van der Waals surface area contributed by atoms with Gasteiger partial charge in [-0.2, -0.15) is 27.0 Å². The van der Waals surface area contributed by atoms with Crippen LogP contribution in [-0.4, -0.2) is 106 Å². The molecule has 332 valence electrons. The number of carbonyl (C=O) groups is 5. The molecule has 2 aliphatic rings. The zero-order valence-electron chi connectivity index (χ0n) is 33.2. The molecule has 0 bridgehead atoms. The van der Waals surface area contributed by atoms with Gasteiger partial charge in [-0.05, 0) is 59.7 Å². The molecule has 2 aliphatic carbocycles. The maximum atomic E-state index is 13.6. The summed E-state index contributed by atoms with van der Waals surface area (Å²) in [5, 5.41) is 32.0. The van der Waals surface area contributed by atoms with Crippen LogP contribution in [0.5, 0.6) is 23.0 Å². The Morgan fingerprint density at radius 3 is 1.20 bits per heavy atom. The van der Waals surface area contributed by atoms with Crippen molar-refractivity contribution in [3.63, 3.8) is 0 Å². The van der Waals surface area contributed by atoms with Crippen LogP contribution in [0.1, 0.15) is 52.6 Å². The van der Waals surface area contributed by atoms with Crippen molar-refractivity contribution in [1.29, 1.82) is 0 Å². The molecule has 6 rings (SSSR count). The predicted molar refractivity (Wildman–Crippen MR) is 228 cm³/mol. The van der Waals surface area contributed by atoms with Crippen LogP contribution in [0.25, 0.3) is 12.2 Å². The number of ketones is 2. The summed E-state index contributed by atoms with van der Waals surface area (Å²) in [5.74, 6) is -4.68. The molecule has 8 N–H and O–H groups in total. The Bertz CT molecular complexity index is 2870. The Kier molecular flexibility index (Phi) is 12.5. The molecule has 0 atom stereocenters. The van der Waals surface area contributed by atoms with Gasteiger partial charge in [-0.15, -0.1) is 0 Å². The summed E-state index contributed by atoms with van der Waals surface area (Å²) in [6, 6.07) is 11.0. The minimum atomic E-state index is -5.15. The lowest BCUT2D eigenvalue weighted by atomic mass is 9.94. The summed E-state index contributed by atoms with van der Waals surface area (Å²) >= 11 is 0. The number of aromatic carboxylic acids is 2. The van der Waals surface area contributed by atoms with E-state index in [1.165, 1.54) is 77.0 Å². The van der Waals surface area contributed by atoms with Crippen LogP contribution in [0.15, 0.2) is 80.7 Å². The number of carbonyl (C=O) groups excluding carboxylic acids is 3. The van der Waals surface area contributed by atoms with Crippen molar-refractivity contribution in [1.82, 2.24) is 0 Å². The normalized spacial score (nSPS) is 14.7. The first-order valence-corrected chi connectivity index (χ1v) is 20.6. The molecule has 4 aromatic rings.